The van der Waals surface area contributed by atoms with Crippen LogP contribution in [0.25, 0.3) is 0 Å². The molecule has 1 N–H and O–H groups in total. The number of likely N-dealkylation sites (N-methyl/N-ethyl adjacent to an activating group) is 1. The molecule has 0 bridgehead atoms. The van der Waals surface area contributed by atoms with Crippen molar-refractivity contribution in [2.75, 3.05) is 32.9 Å². The summed E-state index contributed by atoms with van der Waals surface area (Å²) in [6.45, 7) is 2.79. The number of aliphatic hydroxyl groups is 1. The van der Waals surface area contributed by atoms with Gasteiger partial charge in [0.15, 0.2) is 0 Å². The summed E-state index contributed by atoms with van der Waals surface area (Å²) in [5.41, 5.74) is -0.474. The van der Waals surface area contributed by atoms with E-state index < -0.39 is 5.60 Å². The average molecular weight is 230 g/mol. The van der Waals surface area contributed by atoms with Gasteiger partial charge in [-0.3, -0.25) is 0 Å². The van der Waals surface area contributed by atoms with E-state index in [9.17, 15) is 5.11 Å². The third-order valence-electron chi connectivity index (χ3n) is 3.49. The molecule has 0 spiro atoms. The standard InChI is InChI=1S/C11H22N2OS/c1-12(10-4-5-10)8-11(14)6-3-7-13(9-11)15-2/h10,14H,3-9H2,1-2H3/t11-/m1/s1. The third kappa shape index (κ3) is 3.09. The van der Waals surface area contributed by atoms with Crippen molar-refractivity contribution < 1.29 is 5.11 Å². The van der Waals surface area contributed by atoms with Crippen molar-refractivity contribution in [1.29, 1.82) is 0 Å². The van der Waals surface area contributed by atoms with Crippen molar-refractivity contribution in [3.8, 4) is 0 Å². The third-order valence-corrected chi connectivity index (χ3v) is 4.32. The summed E-state index contributed by atoms with van der Waals surface area (Å²) >= 11 is 1.75. The van der Waals surface area contributed by atoms with Gasteiger partial charge < -0.3 is 10.0 Å². The monoisotopic (exact) mass is 230 g/mol. The van der Waals surface area contributed by atoms with E-state index in [2.05, 4.69) is 22.5 Å². The van der Waals surface area contributed by atoms with Crippen LogP contribution in [0.1, 0.15) is 25.7 Å². The van der Waals surface area contributed by atoms with Gasteiger partial charge >= 0.3 is 0 Å². The first-order valence-corrected chi connectivity index (χ1v) is 7.03. The Kier molecular flexibility index (Phi) is 3.60. The largest absolute Gasteiger partial charge is 0.387 e. The van der Waals surface area contributed by atoms with E-state index in [0.29, 0.717) is 0 Å². The summed E-state index contributed by atoms with van der Waals surface area (Å²) in [4.78, 5) is 2.34. The molecule has 15 heavy (non-hydrogen) atoms. The first kappa shape index (κ1) is 11.7. The van der Waals surface area contributed by atoms with Crippen LogP contribution in [0.4, 0.5) is 0 Å². The summed E-state index contributed by atoms with van der Waals surface area (Å²) in [7, 11) is 2.15. The number of hydrogen-bond donors (Lipinski definition) is 1. The molecular formula is C11H22N2OS. The molecule has 2 rings (SSSR count). The first-order valence-electron chi connectivity index (χ1n) is 5.85. The predicted molar refractivity (Wildman–Crippen MR) is 64.9 cm³/mol. The lowest BCUT2D eigenvalue weighted by Gasteiger charge is -2.40. The van der Waals surface area contributed by atoms with Gasteiger partial charge in [-0.1, -0.05) is 11.9 Å². The summed E-state index contributed by atoms with van der Waals surface area (Å²) in [6.07, 6.45) is 6.81. The Balaban J connectivity index is 1.86. The van der Waals surface area contributed by atoms with Crippen LogP contribution in [0.2, 0.25) is 0 Å². The lowest BCUT2D eigenvalue weighted by atomic mass is 9.93. The first-order chi connectivity index (χ1) is 7.13. The summed E-state index contributed by atoms with van der Waals surface area (Å²) in [6, 6.07) is 0.749. The van der Waals surface area contributed by atoms with Crippen LogP contribution in [0.3, 0.4) is 0 Å². The molecule has 1 aliphatic heterocycles. The van der Waals surface area contributed by atoms with Gasteiger partial charge in [0, 0.05) is 25.7 Å². The molecule has 1 aliphatic carbocycles. The minimum Gasteiger partial charge on any atom is -0.387 e. The molecule has 2 fully saturated rings. The zero-order chi connectivity index (χ0) is 10.9. The van der Waals surface area contributed by atoms with E-state index in [1.807, 2.05) is 0 Å². The minimum atomic E-state index is -0.474. The maximum absolute atomic E-state index is 10.5. The quantitative estimate of drug-likeness (QED) is 0.734. The molecule has 1 heterocycles. The number of hydrogen-bond acceptors (Lipinski definition) is 4. The van der Waals surface area contributed by atoms with Crippen molar-refractivity contribution in [3.63, 3.8) is 0 Å². The normalized spacial score (nSPS) is 33.6. The zero-order valence-corrected chi connectivity index (χ0v) is 10.6. The smallest absolute Gasteiger partial charge is 0.0910 e. The second kappa shape index (κ2) is 4.62. The highest BCUT2D eigenvalue weighted by atomic mass is 32.2. The summed E-state index contributed by atoms with van der Waals surface area (Å²) in [5.74, 6) is 0. The van der Waals surface area contributed by atoms with Crippen LogP contribution >= 0.6 is 11.9 Å². The second-order valence-electron chi connectivity index (χ2n) is 5.02. The molecule has 3 nitrogen and oxygen atoms in total. The van der Waals surface area contributed by atoms with E-state index in [-0.39, 0.29) is 0 Å². The fourth-order valence-electron chi connectivity index (χ4n) is 2.46. The molecule has 0 amide bonds. The Morgan fingerprint density at radius 3 is 2.87 bits per heavy atom. The van der Waals surface area contributed by atoms with Gasteiger partial charge in [-0.15, -0.1) is 0 Å². The lowest BCUT2D eigenvalue weighted by molar-refractivity contribution is -0.0293. The van der Waals surface area contributed by atoms with Gasteiger partial charge in [0.2, 0.25) is 0 Å². The van der Waals surface area contributed by atoms with Gasteiger partial charge in [0.25, 0.3) is 0 Å². The molecule has 0 aromatic carbocycles. The van der Waals surface area contributed by atoms with Crippen LogP contribution in [-0.4, -0.2) is 58.9 Å². The van der Waals surface area contributed by atoms with Gasteiger partial charge in [-0.05, 0) is 39.0 Å². The number of piperidine rings is 1. The molecule has 0 aromatic rings. The number of nitrogens with zero attached hydrogens (tertiary/aromatic N) is 2. The van der Waals surface area contributed by atoms with Gasteiger partial charge in [-0.2, -0.15) is 0 Å². The predicted octanol–water partition coefficient (Wildman–Crippen LogP) is 1.19. The van der Waals surface area contributed by atoms with Crippen LogP contribution in [-0.2, 0) is 0 Å². The van der Waals surface area contributed by atoms with E-state index in [1.165, 1.54) is 12.8 Å². The van der Waals surface area contributed by atoms with E-state index in [4.69, 9.17) is 0 Å². The fraction of sp³-hybridized carbons (Fsp3) is 1.00. The molecule has 1 saturated heterocycles. The van der Waals surface area contributed by atoms with Gasteiger partial charge in [-0.25, -0.2) is 4.31 Å². The molecule has 4 heteroatoms. The van der Waals surface area contributed by atoms with Crippen molar-refractivity contribution in [3.05, 3.63) is 0 Å². The lowest BCUT2D eigenvalue weighted by Crippen LogP contribution is -2.52. The van der Waals surface area contributed by atoms with Gasteiger partial charge in [0.05, 0.1) is 5.60 Å². The topological polar surface area (TPSA) is 26.7 Å². The number of rotatable bonds is 4. The van der Waals surface area contributed by atoms with Crippen LogP contribution < -0.4 is 0 Å². The summed E-state index contributed by atoms with van der Waals surface area (Å²) < 4.78 is 2.28. The van der Waals surface area contributed by atoms with E-state index >= 15 is 0 Å². The average Bonchev–Trinajstić information content (AvgIpc) is 3.00. The highest BCUT2D eigenvalue weighted by Gasteiger charge is 2.37. The molecule has 1 atom stereocenters. The Bertz CT molecular complexity index is 223. The van der Waals surface area contributed by atoms with Crippen molar-refractivity contribution in [1.82, 2.24) is 9.21 Å². The molecule has 0 unspecified atom stereocenters. The molecule has 1 saturated carbocycles. The van der Waals surface area contributed by atoms with E-state index in [1.54, 1.807) is 11.9 Å². The second-order valence-corrected chi connectivity index (χ2v) is 5.90. The zero-order valence-electron chi connectivity index (χ0n) is 9.78. The maximum atomic E-state index is 10.5. The fourth-order valence-corrected chi connectivity index (χ4v) is 3.15. The van der Waals surface area contributed by atoms with Crippen molar-refractivity contribution in [2.45, 2.75) is 37.3 Å². The van der Waals surface area contributed by atoms with Gasteiger partial charge in [0.1, 0.15) is 0 Å². The Morgan fingerprint density at radius 1 is 1.53 bits per heavy atom. The SMILES string of the molecule is CSN1CCC[C@@](O)(CN(C)C2CC2)C1. The molecule has 0 aromatic heterocycles. The molecule has 88 valence electrons. The van der Waals surface area contributed by atoms with Crippen molar-refractivity contribution in [2.24, 2.45) is 0 Å². The molecule has 0 radical (unpaired) electrons. The minimum absolute atomic E-state index is 0.474. The number of β-amino-alcohol motifs (C(OH)–C–C–N with tert-alkyl or cyclic N) is 1. The summed E-state index contributed by atoms with van der Waals surface area (Å²) in [5, 5.41) is 10.5. The maximum Gasteiger partial charge on any atom is 0.0910 e. The highest BCUT2D eigenvalue weighted by Crippen LogP contribution is 2.30. The highest BCUT2D eigenvalue weighted by molar-refractivity contribution is 7.96. The van der Waals surface area contributed by atoms with Crippen LogP contribution in [0.15, 0.2) is 0 Å². The van der Waals surface area contributed by atoms with Crippen LogP contribution in [0.5, 0.6) is 0 Å². The Hall–Kier alpha value is 0.230. The Labute approximate surface area is 96.9 Å². The van der Waals surface area contributed by atoms with E-state index in [0.717, 1.165) is 38.5 Å². The van der Waals surface area contributed by atoms with Crippen molar-refractivity contribution >= 4 is 11.9 Å². The molecule has 2 aliphatic rings. The Morgan fingerprint density at radius 2 is 2.27 bits per heavy atom. The molecular weight excluding hydrogens is 208 g/mol. The van der Waals surface area contributed by atoms with Crippen LogP contribution in [0, 0.1) is 0 Å².